The molecule has 6 heterocycles. The number of aromatic nitrogens is 3. The molecule has 0 aliphatic carbocycles. The number of rotatable bonds is 0. The number of hydrogen-bond donors (Lipinski definition) is 0. The minimum atomic E-state index is 0. The Morgan fingerprint density at radius 2 is 0.840 bits per heavy atom. The maximum absolute atomic E-state index is 2.21. The molecule has 0 atom stereocenters. The molecule has 0 spiro atoms. The summed E-state index contributed by atoms with van der Waals surface area (Å²) >= 11 is 0. The molecule has 0 fully saturated rings. The normalized spacial score (nSPS) is 13.9. The molecule has 0 aromatic carbocycles. The molecule has 3 aliphatic heterocycles. The largest absolute Gasteiger partial charge is 0.344 e. The summed E-state index contributed by atoms with van der Waals surface area (Å²) in [7, 11) is 0. The van der Waals surface area contributed by atoms with Crippen LogP contribution in [-0.4, -0.2) is 22.1 Å². The average Bonchev–Trinajstić information content (AvgIpc) is 3.33. The molecule has 0 saturated heterocycles. The van der Waals surface area contributed by atoms with Gasteiger partial charge in [-0.25, -0.2) is 0 Å². The van der Waals surface area contributed by atoms with Crippen molar-refractivity contribution in [2.45, 2.75) is 19.6 Å². The maximum atomic E-state index is 2.21. The van der Waals surface area contributed by atoms with E-state index >= 15 is 0 Å². The lowest BCUT2D eigenvalue weighted by Crippen LogP contribution is -1.86. The highest BCUT2D eigenvalue weighted by Gasteiger charge is 1.99. The monoisotopic (exact) mass is 329 g/mol. The molecule has 3 aromatic heterocycles. The Hall–Kier alpha value is -2.88. The third-order valence-corrected chi connectivity index (χ3v) is 4.37. The molecule has 3 nitrogen and oxygen atoms in total. The van der Waals surface area contributed by atoms with Gasteiger partial charge in [0.25, 0.3) is 0 Å². The van der Waals surface area contributed by atoms with Crippen molar-refractivity contribution in [2.75, 3.05) is 0 Å². The van der Waals surface area contributed by atoms with Crippen LogP contribution >= 0.6 is 0 Å². The van der Waals surface area contributed by atoms with Crippen LogP contribution in [0.25, 0.3) is 18.2 Å². The first-order chi connectivity index (χ1) is 11.9. The molecule has 4 heteroatoms. The summed E-state index contributed by atoms with van der Waals surface area (Å²) in [5, 5.41) is 0. The van der Waals surface area contributed by atoms with Gasteiger partial charge in [-0.3, -0.25) is 0 Å². The standard InChI is InChI=1S/3C7H7N.BH3/c3*1-3-7-4-2-6-8(7)5-1;/h3*1-5H,6H2;1H3. The van der Waals surface area contributed by atoms with Crippen molar-refractivity contribution in [1.29, 1.82) is 0 Å². The Balaban J connectivity index is 0.000000107. The molecule has 0 radical (unpaired) electrons. The van der Waals surface area contributed by atoms with Gasteiger partial charge in [-0.15, -0.1) is 0 Å². The average molecular weight is 329 g/mol. The molecule has 0 bridgehead atoms. The van der Waals surface area contributed by atoms with Crippen LogP contribution in [0.1, 0.15) is 17.1 Å². The van der Waals surface area contributed by atoms with E-state index in [4.69, 9.17) is 0 Å². The van der Waals surface area contributed by atoms with Crippen molar-refractivity contribution < 1.29 is 0 Å². The van der Waals surface area contributed by atoms with Crippen LogP contribution in [0.4, 0.5) is 0 Å². The fraction of sp³-hybridized carbons (Fsp3) is 0.143. The Kier molecular flexibility index (Phi) is 5.29. The minimum Gasteiger partial charge on any atom is -0.344 e. The lowest BCUT2D eigenvalue weighted by atomic mass is 10.4. The Labute approximate surface area is 150 Å². The zero-order valence-corrected chi connectivity index (χ0v) is 13.6. The van der Waals surface area contributed by atoms with Gasteiger partial charge in [-0.1, -0.05) is 18.2 Å². The van der Waals surface area contributed by atoms with Crippen molar-refractivity contribution >= 4 is 26.6 Å². The molecule has 0 saturated carbocycles. The molecule has 6 rings (SSSR count). The molecule has 0 N–H and O–H groups in total. The van der Waals surface area contributed by atoms with Crippen molar-refractivity contribution in [3.05, 3.63) is 90.3 Å². The van der Waals surface area contributed by atoms with Crippen molar-refractivity contribution in [2.24, 2.45) is 0 Å². The van der Waals surface area contributed by atoms with Gasteiger partial charge in [-0.05, 0) is 54.6 Å². The topological polar surface area (TPSA) is 14.8 Å². The van der Waals surface area contributed by atoms with Gasteiger partial charge in [0.1, 0.15) is 0 Å². The van der Waals surface area contributed by atoms with Gasteiger partial charge < -0.3 is 13.7 Å². The molecule has 0 unspecified atom stereocenters. The lowest BCUT2D eigenvalue weighted by Gasteiger charge is -1.90. The van der Waals surface area contributed by atoms with Crippen LogP contribution in [0.15, 0.2) is 73.2 Å². The zero-order valence-electron chi connectivity index (χ0n) is 13.6. The lowest BCUT2D eigenvalue weighted by molar-refractivity contribution is 0.847. The van der Waals surface area contributed by atoms with Crippen LogP contribution in [0.5, 0.6) is 0 Å². The number of nitrogens with zero attached hydrogens (tertiary/aromatic N) is 3. The highest BCUT2D eigenvalue weighted by atomic mass is 15.0. The maximum Gasteiger partial charge on any atom is 0.0814 e. The Morgan fingerprint density at radius 1 is 0.520 bits per heavy atom. The van der Waals surface area contributed by atoms with E-state index in [9.17, 15) is 0 Å². The van der Waals surface area contributed by atoms with E-state index in [1.165, 1.54) is 17.1 Å². The number of allylic oxidation sites excluding steroid dienone is 3. The molecule has 25 heavy (non-hydrogen) atoms. The van der Waals surface area contributed by atoms with Gasteiger partial charge >= 0.3 is 0 Å². The summed E-state index contributed by atoms with van der Waals surface area (Å²) in [4.78, 5) is 0. The Bertz CT molecular complexity index is 786. The molecule has 126 valence electrons. The highest BCUT2D eigenvalue weighted by Crippen LogP contribution is 2.11. The van der Waals surface area contributed by atoms with E-state index in [-0.39, 0.29) is 8.41 Å². The Morgan fingerprint density at radius 3 is 1.12 bits per heavy atom. The third kappa shape index (κ3) is 3.79. The molecule has 0 amide bonds. The van der Waals surface area contributed by atoms with Gasteiger partial charge in [0.15, 0.2) is 0 Å². The first-order valence-electron chi connectivity index (χ1n) is 8.35. The van der Waals surface area contributed by atoms with E-state index in [0.717, 1.165) is 19.6 Å². The summed E-state index contributed by atoms with van der Waals surface area (Å²) in [5.41, 5.74) is 3.97. The molecule has 3 aromatic rings. The van der Waals surface area contributed by atoms with Crippen LogP contribution in [0, 0.1) is 0 Å². The number of hydrogen-bond acceptors (Lipinski definition) is 0. The van der Waals surface area contributed by atoms with E-state index in [0.29, 0.717) is 0 Å². The summed E-state index contributed by atoms with van der Waals surface area (Å²) in [6.07, 6.45) is 19.2. The zero-order chi connectivity index (χ0) is 16.2. The fourth-order valence-electron chi connectivity index (χ4n) is 3.10. The van der Waals surface area contributed by atoms with Crippen molar-refractivity contribution in [3.63, 3.8) is 0 Å². The van der Waals surface area contributed by atoms with Gasteiger partial charge in [0, 0.05) is 55.3 Å². The summed E-state index contributed by atoms with van der Waals surface area (Å²) in [6, 6.07) is 12.5. The number of fused-ring (bicyclic) bond motifs is 3. The molecular weight excluding hydrogens is 305 g/mol. The van der Waals surface area contributed by atoms with Crippen molar-refractivity contribution in [3.8, 4) is 0 Å². The highest BCUT2D eigenvalue weighted by molar-refractivity contribution is 5.75. The van der Waals surface area contributed by atoms with E-state index < -0.39 is 0 Å². The van der Waals surface area contributed by atoms with E-state index in [1.807, 2.05) is 0 Å². The third-order valence-electron chi connectivity index (χ3n) is 4.37. The van der Waals surface area contributed by atoms with E-state index in [1.54, 1.807) is 0 Å². The second kappa shape index (κ2) is 7.80. The predicted octanol–water partition coefficient (Wildman–Crippen LogP) is 3.36. The summed E-state index contributed by atoms with van der Waals surface area (Å²) in [6.45, 7) is 3.17. The van der Waals surface area contributed by atoms with Crippen LogP contribution in [-0.2, 0) is 19.6 Å². The first kappa shape index (κ1) is 17.0. The van der Waals surface area contributed by atoms with Crippen LogP contribution in [0.2, 0.25) is 0 Å². The second-order valence-corrected chi connectivity index (χ2v) is 5.96. The molecule has 3 aliphatic rings. The first-order valence-corrected chi connectivity index (χ1v) is 8.35. The van der Waals surface area contributed by atoms with Gasteiger partial charge in [0.05, 0.1) is 8.41 Å². The second-order valence-electron chi connectivity index (χ2n) is 5.96. The molecular formula is C21H24BN3. The quantitative estimate of drug-likeness (QED) is 0.562. The van der Waals surface area contributed by atoms with Crippen molar-refractivity contribution in [1.82, 2.24) is 13.7 Å². The van der Waals surface area contributed by atoms with Gasteiger partial charge in [0.2, 0.25) is 0 Å². The van der Waals surface area contributed by atoms with Gasteiger partial charge in [-0.2, -0.15) is 0 Å². The summed E-state index contributed by atoms with van der Waals surface area (Å²) in [5.74, 6) is 0. The minimum absolute atomic E-state index is 0. The van der Waals surface area contributed by atoms with E-state index in [2.05, 4.69) is 105 Å². The van der Waals surface area contributed by atoms with Crippen LogP contribution < -0.4 is 0 Å². The van der Waals surface area contributed by atoms with Crippen LogP contribution in [0.3, 0.4) is 0 Å². The summed E-state index contributed by atoms with van der Waals surface area (Å²) < 4.78 is 6.62. The fourth-order valence-corrected chi connectivity index (χ4v) is 3.10. The smallest absolute Gasteiger partial charge is 0.0814 e. The predicted molar refractivity (Wildman–Crippen MR) is 110 cm³/mol. The SMILES string of the molecule is B.C1=Cc2cccn2C1.C1=Cc2cccn2C1.C1=Cc2cccn2C1.